The minimum absolute atomic E-state index is 0.690. The molecule has 0 spiro atoms. The molecule has 2 fully saturated rings. The fourth-order valence-electron chi connectivity index (χ4n) is 2.02. The summed E-state index contributed by atoms with van der Waals surface area (Å²) in [5.74, 6) is 2.92. The first-order valence-electron chi connectivity index (χ1n) is 6.55. The van der Waals surface area contributed by atoms with E-state index in [1.54, 1.807) is 11.8 Å². The van der Waals surface area contributed by atoms with Gasteiger partial charge in [-0.15, -0.1) is 10.2 Å². The molecule has 0 unspecified atom stereocenters. The topological polar surface area (TPSA) is 39.9 Å². The third-order valence-corrected chi connectivity index (χ3v) is 4.12. The zero-order valence-electron chi connectivity index (χ0n) is 10.3. The summed E-state index contributed by atoms with van der Waals surface area (Å²) in [7, 11) is 0. The molecule has 1 aromatic heterocycles. The summed E-state index contributed by atoms with van der Waals surface area (Å²) in [5, 5.41) is 9.85. The van der Waals surface area contributed by atoms with Crippen LogP contribution >= 0.6 is 11.8 Å². The maximum absolute atomic E-state index is 5.36. The van der Waals surface area contributed by atoms with Crippen LogP contribution in [0.2, 0.25) is 0 Å². The van der Waals surface area contributed by atoms with Gasteiger partial charge in [0.25, 0.3) is 0 Å². The molecule has 17 heavy (non-hydrogen) atoms. The molecular weight excluding hydrogens is 234 g/mol. The predicted octanol–water partition coefficient (Wildman–Crippen LogP) is 2.62. The first-order chi connectivity index (χ1) is 8.40. The van der Waals surface area contributed by atoms with Crippen LogP contribution in [0.3, 0.4) is 0 Å². The van der Waals surface area contributed by atoms with Crippen LogP contribution in [-0.2, 0) is 4.74 Å². The van der Waals surface area contributed by atoms with Gasteiger partial charge in [-0.1, -0.05) is 11.8 Å². The van der Waals surface area contributed by atoms with E-state index in [-0.39, 0.29) is 0 Å². The number of nitrogens with zero attached hydrogens (tertiary/aromatic N) is 3. The van der Waals surface area contributed by atoms with Crippen LogP contribution in [0.15, 0.2) is 5.16 Å². The maximum atomic E-state index is 5.36. The van der Waals surface area contributed by atoms with E-state index in [2.05, 4.69) is 14.8 Å². The Morgan fingerprint density at radius 3 is 2.76 bits per heavy atom. The van der Waals surface area contributed by atoms with Gasteiger partial charge in [-0.05, 0) is 32.6 Å². The van der Waals surface area contributed by atoms with Crippen molar-refractivity contribution >= 4 is 11.8 Å². The fourth-order valence-corrected chi connectivity index (χ4v) is 2.88. The molecule has 2 aliphatic carbocycles. The Labute approximate surface area is 106 Å². The molecule has 1 aromatic rings. The molecule has 5 heteroatoms. The Morgan fingerprint density at radius 1 is 1.29 bits per heavy atom. The fraction of sp³-hybridized carbons (Fsp3) is 0.833. The highest BCUT2D eigenvalue weighted by Crippen LogP contribution is 2.45. The molecule has 4 nitrogen and oxygen atoms in total. The van der Waals surface area contributed by atoms with Crippen molar-refractivity contribution in [1.82, 2.24) is 14.8 Å². The van der Waals surface area contributed by atoms with Gasteiger partial charge in [0.1, 0.15) is 5.82 Å². The summed E-state index contributed by atoms with van der Waals surface area (Å²) in [6.45, 7) is 3.63. The second-order valence-corrected chi connectivity index (χ2v) is 5.82. The maximum Gasteiger partial charge on any atom is 0.191 e. The van der Waals surface area contributed by atoms with Gasteiger partial charge in [0.2, 0.25) is 0 Å². The standard InChI is InChI=1S/C12H19N3OS/c1-2-16-7-8-17-12-14-13-11(9-3-4-9)15(12)10-5-6-10/h9-10H,2-8H2,1H3. The number of hydrogen-bond acceptors (Lipinski definition) is 4. The van der Waals surface area contributed by atoms with Crippen LogP contribution in [0, 0.1) is 0 Å². The average Bonchev–Trinajstić information content (AvgIpc) is 3.23. The van der Waals surface area contributed by atoms with Crippen molar-refractivity contribution in [3.05, 3.63) is 5.82 Å². The quantitative estimate of drug-likeness (QED) is 0.553. The molecule has 2 saturated carbocycles. The van der Waals surface area contributed by atoms with Crippen molar-refractivity contribution in [3.8, 4) is 0 Å². The lowest BCUT2D eigenvalue weighted by Crippen LogP contribution is -2.03. The molecule has 1 heterocycles. The van der Waals surface area contributed by atoms with Gasteiger partial charge >= 0.3 is 0 Å². The van der Waals surface area contributed by atoms with E-state index in [0.29, 0.717) is 12.0 Å². The highest BCUT2D eigenvalue weighted by molar-refractivity contribution is 7.99. The number of thioether (sulfide) groups is 1. The van der Waals surface area contributed by atoms with Gasteiger partial charge in [0, 0.05) is 24.3 Å². The van der Waals surface area contributed by atoms with E-state index >= 15 is 0 Å². The summed E-state index contributed by atoms with van der Waals surface area (Å²) in [6.07, 6.45) is 5.20. The van der Waals surface area contributed by atoms with E-state index in [9.17, 15) is 0 Å². The minimum atomic E-state index is 0.690. The van der Waals surface area contributed by atoms with Gasteiger partial charge in [-0.3, -0.25) is 0 Å². The number of aromatic nitrogens is 3. The Bertz CT molecular complexity index is 385. The molecule has 2 aliphatic rings. The molecule has 0 bridgehead atoms. The third kappa shape index (κ3) is 2.65. The summed E-state index contributed by atoms with van der Waals surface area (Å²) < 4.78 is 7.76. The third-order valence-electron chi connectivity index (χ3n) is 3.21. The summed E-state index contributed by atoms with van der Waals surface area (Å²) in [5.41, 5.74) is 0. The van der Waals surface area contributed by atoms with Crippen molar-refractivity contribution in [2.45, 2.75) is 49.7 Å². The highest BCUT2D eigenvalue weighted by atomic mass is 32.2. The number of hydrogen-bond donors (Lipinski definition) is 0. The molecule has 0 aliphatic heterocycles. The van der Waals surface area contributed by atoms with E-state index < -0.39 is 0 Å². The summed E-state index contributed by atoms with van der Waals surface area (Å²) in [6, 6.07) is 0.690. The van der Waals surface area contributed by atoms with Crippen molar-refractivity contribution in [3.63, 3.8) is 0 Å². The summed E-state index contributed by atoms with van der Waals surface area (Å²) >= 11 is 1.79. The Hall–Kier alpha value is -0.550. The number of rotatable bonds is 7. The van der Waals surface area contributed by atoms with E-state index in [4.69, 9.17) is 4.74 Å². The smallest absolute Gasteiger partial charge is 0.191 e. The van der Waals surface area contributed by atoms with E-state index in [1.165, 1.54) is 31.5 Å². The van der Waals surface area contributed by atoms with Crippen LogP contribution in [0.1, 0.15) is 50.4 Å². The van der Waals surface area contributed by atoms with Gasteiger partial charge in [-0.25, -0.2) is 0 Å². The zero-order chi connectivity index (χ0) is 11.7. The van der Waals surface area contributed by atoms with Crippen LogP contribution in [0.25, 0.3) is 0 Å². The second-order valence-electron chi connectivity index (χ2n) is 4.76. The Kier molecular flexibility index (Phi) is 3.38. The van der Waals surface area contributed by atoms with Crippen LogP contribution in [0.5, 0.6) is 0 Å². The van der Waals surface area contributed by atoms with E-state index in [0.717, 1.165) is 24.1 Å². The van der Waals surface area contributed by atoms with Crippen molar-refractivity contribution in [2.75, 3.05) is 19.0 Å². The molecular formula is C12H19N3OS. The molecule has 0 aromatic carbocycles. The Balaban J connectivity index is 1.66. The summed E-state index contributed by atoms with van der Waals surface area (Å²) in [4.78, 5) is 0. The second kappa shape index (κ2) is 4.98. The Morgan fingerprint density at radius 2 is 2.12 bits per heavy atom. The predicted molar refractivity (Wildman–Crippen MR) is 67.5 cm³/mol. The monoisotopic (exact) mass is 253 g/mol. The molecule has 94 valence electrons. The van der Waals surface area contributed by atoms with Crippen LogP contribution in [-0.4, -0.2) is 33.7 Å². The van der Waals surface area contributed by atoms with Gasteiger partial charge < -0.3 is 9.30 Å². The molecule has 0 N–H and O–H groups in total. The highest BCUT2D eigenvalue weighted by Gasteiger charge is 2.36. The van der Waals surface area contributed by atoms with Crippen LogP contribution < -0.4 is 0 Å². The molecule has 0 radical (unpaired) electrons. The van der Waals surface area contributed by atoms with Gasteiger partial charge in [0.15, 0.2) is 5.16 Å². The van der Waals surface area contributed by atoms with Gasteiger partial charge in [-0.2, -0.15) is 0 Å². The van der Waals surface area contributed by atoms with E-state index in [1.807, 2.05) is 6.92 Å². The van der Waals surface area contributed by atoms with Crippen molar-refractivity contribution in [2.24, 2.45) is 0 Å². The average molecular weight is 253 g/mol. The van der Waals surface area contributed by atoms with Crippen molar-refractivity contribution in [1.29, 1.82) is 0 Å². The molecule has 0 amide bonds. The van der Waals surface area contributed by atoms with Crippen LogP contribution in [0.4, 0.5) is 0 Å². The lowest BCUT2D eigenvalue weighted by Gasteiger charge is -2.07. The normalized spacial score (nSPS) is 19.8. The van der Waals surface area contributed by atoms with Gasteiger partial charge in [0.05, 0.1) is 6.61 Å². The molecule has 0 atom stereocenters. The minimum Gasteiger partial charge on any atom is -0.381 e. The molecule has 3 rings (SSSR count). The SMILES string of the molecule is CCOCCSc1nnc(C2CC2)n1C1CC1. The first-order valence-corrected chi connectivity index (χ1v) is 7.54. The number of ether oxygens (including phenoxy) is 1. The lowest BCUT2D eigenvalue weighted by molar-refractivity contribution is 0.164. The van der Waals surface area contributed by atoms with Crippen molar-refractivity contribution < 1.29 is 4.74 Å². The lowest BCUT2D eigenvalue weighted by atomic mass is 10.4. The molecule has 0 saturated heterocycles. The zero-order valence-corrected chi connectivity index (χ0v) is 11.1. The largest absolute Gasteiger partial charge is 0.381 e. The first kappa shape index (κ1) is 11.5.